The molecule has 29 heavy (non-hydrogen) atoms. The van der Waals surface area contributed by atoms with Crippen LogP contribution in [0.2, 0.25) is 5.28 Å². The summed E-state index contributed by atoms with van der Waals surface area (Å²) in [6, 6.07) is -0.125. The highest BCUT2D eigenvalue weighted by Gasteiger charge is 2.42. The molecule has 2 aromatic heterocycles. The van der Waals surface area contributed by atoms with Gasteiger partial charge in [0, 0.05) is 0 Å². The van der Waals surface area contributed by atoms with E-state index in [9.17, 15) is 18.0 Å². The van der Waals surface area contributed by atoms with Crippen LogP contribution in [-0.2, 0) is 9.53 Å². The Morgan fingerprint density at radius 1 is 1.31 bits per heavy atom. The number of fused-ring (bicyclic) bond motifs is 1. The van der Waals surface area contributed by atoms with E-state index in [4.69, 9.17) is 16.3 Å². The molecule has 1 saturated heterocycles. The minimum absolute atomic E-state index is 0.0660. The number of carbonyl (C=O) groups is 1. The number of hydrogen-bond acceptors (Lipinski definition) is 7. The smallest absolute Gasteiger partial charge is 0.398 e. The molecule has 4 heterocycles. The van der Waals surface area contributed by atoms with Crippen molar-refractivity contribution in [1.29, 1.82) is 0 Å². The highest BCUT2D eigenvalue weighted by Crippen LogP contribution is 2.36. The lowest BCUT2D eigenvalue weighted by Gasteiger charge is -2.23. The molecule has 0 aromatic carbocycles. The molecule has 156 valence electrons. The molecule has 0 radical (unpaired) electrons. The van der Waals surface area contributed by atoms with E-state index >= 15 is 0 Å². The average Bonchev–Trinajstić information content (AvgIpc) is 3.06. The van der Waals surface area contributed by atoms with Gasteiger partial charge in [0.2, 0.25) is 5.28 Å². The van der Waals surface area contributed by atoms with Crippen molar-refractivity contribution in [3.8, 4) is 5.88 Å². The standard InChI is InChI=1S/C17H17ClF3N5O3/c18-16-23-12(9-3-7-28-8-4-9)11-13(24-16)26(10-1-5-22-6-2-10)25-14(11)29-15(27)17(19,20)21/h3,10,22H,1-2,4-8H2. The van der Waals surface area contributed by atoms with E-state index in [1.807, 2.05) is 0 Å². The molecular formula is C17H17ClF3N5O3. The Kier molecular flexibility index (Phi) is 5.45. The number of ether oxygens (including phenoxy) is 2. The summed E-state index contributed by atoms with van der Waals surface area (Å²) in [5, 5.41) is 7.47. The van der Waals surface area contributed by atoms with Crippen LogP contribution in [0, 0.1) is 0 Å². The second-order valence-electron chi connectivity index (χ2n) is 6.71. The lowest BCUT2D eigenvalue weighted by Crippen LogP contribution is -2.30. The van der Waals surface area contributed by atoms with Crippen LogP contribution in [-0.4, -0.2) is 58.2 Å². The van der Waals surface area contributed by atoms with Gasteiger partial charge in [-0.1, -0.05) is 6.08 Å². The van der Waals surface area contributed by atoms with Crippen molar-refractivity contribution in [1.82, 2.24) is 25.1 Å². The largest absolute Gasteiger partial charge is 0.491 e. The maximum absolute atomic E-state index is 12.8. The van der Waals surface area contributed by atoms with Crippen molar-refractivity contribution in [3.05, 3.63) is 17.1 Å². The van der Waals surface area contributed by atoms with Crippen molar-refractivity contribution in [2.75, 3.05) is 26.3 Å². The normalized spacial score (nSPS) is 18.7. The summed E-state index contributed by atoms with van der Waals surface area (Å²) in [5.41, 5.74) is 1.26. The fraction of sp³-hybridized carbons (Fsp3) is 0.529. The van der Waals surface area contributed by atoms with Gasteiger partial charge in [0.05, 0.1) is 24.9 Å². The van der Waals surface area contributed by atoms with E-state index in [0.29, 0.717) is 38.2 Å². The molecule has 2 aliphatic heterocycles. The fourth-order valence-electron chi connectivity index (χ4n) is 3.48. The third kappa shape index (κ3) is 4.07. The van der Waals surface area contributed by atoms with Crippen LogP contribution in [0.25, 0.3) is 16.6 Å². The third-order valence-electron chi connectivity index (χ3n) is 4.83. The van der Waals surface area contributed by atoms with E-state index in [2.05, 4.69) is 25.1 Å². The Labute approximate surface area is 168 Å². The number of esters is 1. The zero-order valence-electron chi connectivity index (χ0n) is 15.1. The predicted octanol–water partition coefficient (Wildman–Crippen LogP) is 2.68. The molecule has 0 spiro atoms. The number of alkyl halides is 3. The van der Waals surface area contributed by atoms with Gasteiger partial charge in [-0.3, -0.25) is 0 Å². The maximum atomic E-state index is 12.8. The zero-order chi connectivity index (χ0) is 20.6. The van der Waals surface area contributed by atoms with Crippen LogP contribution >= 0.6 is 11.6 Å². The summed E-state index contributed by atoms with van der Waals surface area (Å²) in [6.07, 6.45) is -1.53. The van der Waals surface area contributed by atoms with Gasteiger partial charge in [-0.15, -0.1) is 5.10 Å². The monoisotopic (exact) mass is 431 g/mol. The van der Waals surface area contributed by atoms with Crippen molar-refractivity contribution < 1.29 is 27.4 Å². The van der Waals surface area contributed by atoms with Gasteiger partial charge in [-0.2, -0.15) is 18.2 Å². The first-order valence-electron chi connectivity index (χ1n) is 9.07. The maximum Gasteiger partial charge on any atom is 0.491 e. The molecule has 0 unspecified atom stereocenters. The van der Waals surface area contributed by atoms with Crippen molar-refractivity contribution in [2.45, 2.75) is 31.5 Å². The zero-order valence-corrected chi connectivity index (χ0v) is 15.9. The van der Waals surface area contributed by atoms with Gasteiger partial charge in [0.25, 0.3) is 5.88 Å². The molecule has 8 nitrogen and oxygen atoms in total. The number of aromatic nitrogens is 4. The highest BCUT2D eigenvalue weighted by molar-refractivity contribution is 6.28. The van der Waals surface area contributed by atoms with Gasteiger partial charge in [-0.05, 0) is 49.5 Å². The van der Waals surface area contributed by atoms with Gasteiger partial charge < -0.3 is 14.8 Å². The molecule has 0 aliphatic carbocycles. The van der Waals surface area contributed by atoms with Crippen molar-refractivity contribution >= 4 is 34.2 Å². The van der Waals surface area contributed by atoms with E-state index in [-0.39, 0.29) is 22.4 Å². The number of rotatable bonds is 3. The lowest BCUT2D eigenvalue weighted by atomic mass is 10.0. The second-order valence-corrected chi connectivity index (χ2v) is 7.05. The van der Waals surface area contributed by atoms with Crippen molar-refractivity contribution in [3.63, 3.8) is 0 Å². The van der Waals surface area contributed by atoms with Crippen LogP contribution in [0.1, 0.15) is 31.0 Å². The molecule has 0 bridgehead atoms. The summed E-state index contributed by atoms with van der Waals surface area (Å²) < 4.78 is 49.9. The fourth-order valence-corrected chi connectivity index (χ4v) is 3.64. The SMILES string of the molecule is O=C(Oc1nn(C2CCNCC2)c2nc(Cl)nc(C3=CCOCC3)c12)C(F)(F)F. The molecule has 0 saturated carbocycles. The Morgan fingerprint density at radius 3 is 2.72 bits per heavy atom. The van der Waals surface area contributed by atoms with Crippen LogP contribution < -0.4 is 10.1 Å². The number of nitrogens with zero attached hydrogens (tertiary/aromatic N) is 4. The van der Waals surface area contributed by atoms with Gasteiger partial charge >= 0.3 is 12.1 Å². The molecule has 0 atom stereocenters. The van der Waals surface area contributed by atoms with Crippen molar-refractivity contribution in [2.24, 2.45) is 0 Å². The highest BCUT2D eigenvalue weighted by atomic mass is 35.5. The first kappa shape index (κ1) is 20.0. The minimum Gasteiger partial charge on any atom is -0.398 e. The second kappa shape index (κ2) is 7.88. The summed E-state index contributed by atoms with van der Waals surface area (Å²) in [6.45, 7) is 2.20. The Morgan fingerprint density at radius 2 is 2.07 bits per heavy atom. The average molecular weight is 432 g/mol. The van der Waals surface area contributed by atoms with Gasteiger partial charge in [-0.25, -0.2) is 14.5 Å². The molecule has 4 rings (SSSR count). The number of hydrogen-bond donors (Lipinski definition) is 1. The molecule has 1 N–H and O–H groups in total. The molecular weight excluding hydrogens is 415 g/mol. The minimum atomic E-state index is -5.16. The Hall–Kier alpha value is -2.24. The molecule has 2 aliphatic rings. The van der Waals surface area contributed by atoms with E-state index in [1.165, 1.54) is 4.68 Å². The number of nitrogens with one attached hydrogen (secondary N) is 1. The Balaban J connectivity index is 1.89. The molecule has 1 fully saturated rings. The molecule has 12 heteroatoms. The van der Waals surface area contributed by atoms with E-state index in [0.717, 1.165) is 18.7 Å². The summed E-state index contributed by atoms with van der Waals surface area (Å²) in [5.74, 6) is -2.82. The molecule has 0 amide bonds. The van der Waals surface area contributed by atoms with Crippen LogP contribution in [0.5, 0.6) is 5.88 Å². The first-order chi connectivity index (χ1) is 13.8. The van der Waals surface area contributed by atoms with Crippen LogP contribution in [0.3, 0.4) is 0 Å². The summed E-state index contributed by atoms with van der Waals surface area (Å²) in [4.78, 5) is 19.9. The summed E-state index contributed by atoms with van der Waals surface area (Å²) in [7, 11) is 0. The third-order valence-corrected chi connectivity index (χ3v) is 5.00. The predicted molar refractivity (Wildman–Crippen MR) is 96.6 cm³/mol. The molecule has 2 aromatic rings. The Bertz CT molecular complexity index is 969. The topological polar surface area (TPSA) is 91.2 Å². The number of carbonyl (C=O) groups excluding carboxylic acids is 1. The van der Waals surface area contributed by atoms with Gasteiger partial charge in [0.1, 0.15) is 5.39 Å². The quantitative estimate of drug-likeness (QED) is 0.590. The van der Waals surface area contributed by atoms with E-state index < -0.39 is 18.0 Å². The van der Waals surface area contributed by atoms with Crippen LogP contribution in [0.15, 0.2) is 6.08 Å². The van der Waals surface area contributed by atoms with E-state index in [1.54, 1.807) is 6.08 Å². The van der Waals surface area contributed by atoms with Crippen LogP contribution in [0.4, 0.5) is 13.2 Å². The number of piperidine rings is 1. The summed E-state index contributed by atoms with van der Waals surface area (Å²) >= 11 is 6.12. The first-order valence-corrected chi connectivity index (χ1v) is 9.45. The lowest BCUT2D eigenvalue weighted by molar-refractivity contribution is -0.189. The van der Waals surface area contributed by atoms with Gasteiger partial charge in [0.15, 0.2) is 5.65 Å². The number of halogens is 4.